The van der Waals surface area contributed by atoms with E-state index in [9.17, 15) is 4.79 Å². The molecule has 24 heavy (non-hydrogen) atoms. The normalized spacial score (nSPS) is 18.9. The average molecular weight is 321 g/mol. The van der Waals surface area contributed by atoms with Crippen molar-refractivity contribution in [1.82, 2.24) is 25.0 Å². The molecule has 2 aromatic heterocycles. The van der Waals surface area contributed by atoms with Crippen molar-refractivity contribution in [3.8, 4) is 0 Å². The number of carbonyl (C=O) groups excluding carboxylic acids is 1. The van der Waals surface area contributed by atoms with Crippen LogP contribution in [-0.4, -0.2) is 43.8 Å². The summed E-state index contributed by atoms with van der Waals surface area (Å²) in [4.78, 5) is 27.1. The lowest BCUT2D eigenvalue weighted by Gasteiger charge is -2.26. The van der Waals surface area contributed by atoms with Gasteiger partial charge in [0.05, 0.1) is 24.3 Å². The molecule has 8 heteroatoms. The molecular weight excluding hydrogens is 306 g/mol. The van der Waals surface area contributed by atoms with Gasteiger partial charge in [0.15, 0.2) is 11.7 Å². The molecule has 0 saturated carbocycles. The van der Waals surface area contributed by atoms with Gasteiger partial charge < -0.3 is 10.2 Å². The number of aliphatic imine (C=N–C) groups is 2. The second-order valence-electron chi connectivity index (χ2n) is 5.51. The number of hydrogen-bond acceptors (Lipinski definition) is 6. The van der Waals surface area contributed by atoms with Crippen LogP contribution in [0.4, 0.5) is 0 Å². The topological polar surface area (TPSA) is 87.8 Å². The van der Waals surface area contributed by atoms with Gasteiger partial charge >= 0.3 is 0 Å². The van der Waals surface area contributed by atoms with E-state index in [1.165, 1.54) is 6.20 Å². The van der Waals surface area contributed by atoms with E-state index in [1.807, 2.05) is 30.5 Å². The van der Waals surface area contributed by atoms with E-state index in [-0.39, 0.29) is 11.9 Å². The van der Waals surface area contributed by atoms with Crippen LogP contribution in [0.1, 0.15) is 22.0 Å². The first-order valence-corrected chi connectivity index (χ1v) is 7.50. The van der Waals surface area contributed by atoms with Crippen molar-refractivity contribution in [3.63, 3.8) is 0 Å². The number of amidine groups is 2. The predicted octanol–water partition coefficient (Wildman–Crippen LogP) is 0.884. The maximum atomic E-state index is 12.3. The fraction of sp³-hybridized carbons (Fsp3) is 0.188. The highest BCUT2D eigenvalue weighted by atomic mass is 16.1. The molecule has 1 amide bonds. The minimum atomic E-state index is -0.260. The molecule has 1 N–H and O–H groups in total. The molecule has 4 heterocycles. The maximum Gasteiger partial charge on any atom is 0.258 e. The van der Waals surface area contributed by atoms with Gasteiger partial charge in [-0.15, -0.1) is 0 Å². The molecule has 0 radical (unpaired) electrons. The summed E-state index contributed by atoms with van der Waals surface area (Å²) in [5.41, 5.74) is 1.55. The van der Waals surface area contributed by atoms with Gasteiger partial charge in [0.25, 0.3) is 5.91 Å². The Labute approximate surface area is 138 Å². The zero-order valence-electron chi connectivity index (χ0n) is 13.0. The van der Waals surface area contributed by atoms with Crippen molar-refractivity contribution in [3.05, 3.63) is 60.4 Å². The SMILES string of the molecule is Cn1cc(C2CN=C3C(NC(=O)c4cccnc4)=NC=CN32)cn1. The molecule has 0 aliphatic carbocycles. The third-order valence-corrected chi connectivity index (χ3v) is 3.90. The van der Waals surface area contributed by atoms with Crippen LogP contribution in [0.3, 0.4) is 0 Å². The van der Waals surface area contributed by atoms with Gasteiger partial charge in [-0.2, -0.15) is 5.10 Å². The highest BCUT2D eigenvalue weighted by molar-refractivity contribution is 6.44. The Bertz CT molecular complexity index is 866. The third kappa shape index (κ3) is 2.47. The van der Waals surface area contributed by atoms with Gasteiger partial charge in [-0.1, -0.05) is 0 Å². The van der Waals surface area contributed by atoms with Crippen molar-refractivity contribution in [2.75, 3.05) is 6.54 Å². The number of hydrogen-bond donors (Lipinski definition) is 1. The van der Waals surface area contributed by atoms with Crippen LogP contribution in [0.25, 0.3) is 0 Å². The summed E-state index contributed by atoms with van der Waals surface area (Å²) in [5.74, 6) is 0.839. The van der Waals surface area contributed by atoms with E-state index in [2.05, 4.69) is 25.4 Å². The van der Waals surface area contributed by atoms with Gasteiger partial charge in [0, 0.05) is 43.6 Å². The van der Waals surface area contributed by atoms with Crippen molar-refractivity contribution < 1.29 is 4.79 Å². The largest absolute Gasteiger partial charge is 0.319 e. The second kappa shape index (κ2) is 5.73. The maximum absolute atomic E-state index is 12.3. The van der Waals surface area contributed by atoms with E-state index in [1.54, 1.807) is 29.2 Å². The number of pyridine rings is 1. The smallest absolute Gasteiger partial charge is 0.258 e. The fourth-order valence-electron chi connectivity index (χ4n) is 2.74. The number of amides is 1. The van der Waals surface area contributed by atoms with Crippen LogP contribution in [0.15, 0.2) is 59.3 Å². The van der Waals surface area contributed by atoms with Crippen LogP contribution < -0.4 is 5.32 Å². The molecule has 0 spiro atoms. The number of rotatable bonds is 2. The molecule has 1 unspecified atom stereocenters. The summed E-state index contributed by atoms with van der Waals surface area (Å²) in [7, 11) is 1.88. The Hall–Kier alpha value is -3.29. The van der Waals surface area contributed by atoms with Crippen molar-refractivity contribution >= 4 is 17.6 Å². The summed E-state index contributed by atoms with van der Waals surface area (Å²) in [6.07, 6.45) is 10.5. The first-order valence-electron chi connectivity index (χ1n) is 7.50. The molecule has 2 aliphatic heterocycles. The zero-order chi connectivity index (χ0) is 16.5. The van der Waals surface area contributed by atoms with Crippen LogP contribution in [0.2, 0.25) is 0 Å². The molecule has 2 aliphatic rings. The van der Waals surface area contributed by atoms with Gasteiger partial charge in [-0.3, -0.25) is 19.5 Å². The first-order chi connectivity index (χ1) is 11.7. The summed E-state index contributed by atoms with van der Waals surface area (Å²) in [6, 6.07) is 3.48. The van der Waals surface area contributed by atoms with Crippen LogP contribution >= 0.6 is 0 Å². The van der Waals surface area contributed by atoms with Crippen LogP contribution in [0, 0.1) is 0 Å². The molecule has 4 rings (SSSR count). The molecule has 0 saturated heterocycles. The van der Waals surface area contributed by atoms with Crippen molar-refractivity contribution in [1.29, 1.82) is 0 Å². The quantitative estimate of drug-likeness (QED) is 0.889. The number of nitrogens with one attached hydrogen (secondary N) is 1. The summed E-state index contributed by atoms with van der Waals surface area (Å²) in [6.45, 7) is 0.590. The lowest BCUT2D eigenvalue weighted by atomic mass is 10.1. The Morgan fingerprint density at radius 2 is 2.29 bits per heavy atom. The molecular formula is C16H15N7O. The number of aryl methyl sites for hydroxylation is 1. The molecule has 0 aromatic carbocycles. The Morgan fingerprint density at radius 3 is 3.04 bits per heavy atom. The standard InChI is InChI=1S/C16H15N7O/c1-22-10-12(8-20-22)13-9-19-15-14(18-5-6-23(13)15)21-16(24)11-3-2-4-17-7-11/h2-8,10,13H,9H2,1H3,(H,18,21,24). The average Bonchev–Trinajstić information content (AvgIpc) is 3.22. The molecule has 0 fully saturated rings. The molecule has 2 aromatic rings. The van der Waals surface area contributed by atoms with E-state index in [0.29, 0.717) is 23.8 Å². The molecule has 1 atom stereocenters. The van der Waals surface area contributed by atoms with Crippen molar-refractivity contribution in [2.45, 2.75) is 6.04 Å². The number of carbonyl (C=O) groups is 1. The monoisotopic (exact) mass is 321 g/mol. The summed E-state index contributed by atoms with van der Waals surface area (Å²) >= 11 is 0. The van der Waals surface area contributed by atoms with Crippen LogP contribution in [0.5, 0.6) is 0 Å². The molecule has 8 nitrogen and oxygen atoms in total. The lowest BCUT2D eigenvalue weighted by molar-refractivity contribution is 0.0977. The Kier molecular flexibility index (Phi) is 3.42. The third-order valence-electron chi connectivity index (χ3n) is 3.90. The highest BCUT2D eigenvalue weighted by Crippen LogP contribution is 2.28. The van der Waals surface area contributed by atoms with Gasteiger partial charge in [-0.25, -0.2) is 4.99 Å². The minimum Gasteiger partial charge on any atom is -0.319 e. The fourth-order valence-corrected chi connectivity index (χ4v) is 2.74. The Balaban J connectivity index is 1.54. The summed E-state index contributed by atoms with van der Waals surface area (Å²) in [5, 5.41) is 7.02. The number of fused-ring (bicyclic) bond motifs is 1. The molecule has 0 bridgehead atoms. The number of nitrogens with zero attached hydrogens (tertiary/aromatic N) is 6. The number of aromatic nitrogens is 3. The van der Waals surface area contributed by atoms with Gasteiger partial charge in [0.1, 0.15) is 0 Å². The van der Waals surface area contributed by atoms with E-state index >= 15 is 0 Å². The first kappa shape index (κ1) is 14.3. The minimum absolute atomic E-state index is 0.0609. The predicted molar refractivity (Wildman–Crippen MR) is 88.4 cm³/mol. The van der Waals surface area contributed by atoms with Crippen molar-refractivity contribution in [2.24, 2.45) is 17.0 Å². The zero-order valence-corrected chi connectivity index (χ0v) is 13.0. The molecule has 120 valence electrons. The van der Waals surface area contributed by atoms with Gasteiger partial charge in [-0.05, 0) is 12.1 Å². The Morgan fingerprint density at radius 1 is 1.38 bits per heavy atom. The van der Waals surface area contributed by atoms with Crippen LogP contribution in [-0.2, 0) is 7.05 Å². The highest BCUT2D eigenvalue weighted by Gasteiger charge is 2.33. The van der Waals surface area contributed by atoms with E-state index < -0.39 is 0 Å². The lowest BCUT2D eigenvalue weighted by Crippen LogP contribution is -2.43. The van der Waals surface area contributed by atoms with E-state index in [4.69, 9.17) is 0 Å². The summed E-state index contributed by atoms with van der Waals surface area (Å²) < 4.78 is 1.76. The van der Waals surface area contributed by atoms with E-state index in [0.717, 1.165) is 5.56 Å². The van der Waals surface area contributed by atoms with Gasteiger partial charge in [0.2, 0.25) is 0 Å². The second-order valence-corrected chi connectivity index (χ2v) is 5.51.